The Balaban J connectivity index is 1.93. The molecule has 0 bridgehead atoms. The minimum atomic E-state index is 0.00744. The van der Waals surface area contributed by atoms with E-state index >= 15 is 0 Å². The van der Waals surface area contributed by atoms with Gasteiger partial charge in [-0.05, 0) is 30.4 Å². The third-order valence-electron chi connectivity index (χ3n) is 3.85. The highest BCUT2D eigenvalue weighted by atomic mass is 35.5. The first-order chi connectivity index (χ1) is 8.48. The van der Waals surface area contributed by atoms with Crippen LogP contribution in [0.2, 0.25) is 5.28 Å². The van der Waals surface area contributed by atoms with E-state index in [4.69, 9.17) is 11.6 Å². The molecule has 0 spiro atoms. The predicted octanol–water partition coefficient (Wildman–Crippen LogP) is 4.20. The van der Waals surface area contributed by atoms with Crippen molar-refractivity contribution < 1.29 is 0 Å². The lowest BCUT2D eigenvalue weighted by molar-refractivity contribution is 0.436. The van der Waals surface area contributed by atoms with Crippen LogP contribution in [0.5, 0.6) is 0 Å². The van der Waals surface area contributed by atoms with Crippen molar-refractivity contribution in [1.82, 2.24) is 14.8 Å². The first-order valence-corrected chi connectivity index (χ1v) is 7.45. The van der Waals surface area contributed by atoms with E-state index in [1.165, 1.54) is 38.5 Å². The van der Waals surface area contributed by atoms with Gasteiger partial charge in [0.2, 0.25) is 5.28 Å². The van der Waals surface area contributed by atoms with Gasteiger partial charge in [0.25, 0.3) is 0 Å². The highest BCUT2D eigenvalue weighted by Crippen LogP contribution is 2.29. The lowest BCUT2D eigenvalue weighted by atomic mass is 9.95. The molecule has 1 aromatic heterocycles. The Bertz CT molecular complexity index is 386. The van der Waals surface area contributed by atoms with Gasteiger partial charge in [-0.15, -0.1) is 10.2 Å². The normalized spacial score (nSPS) is 17.6. The van der Waals surface area contributed by atoms with E-state index in [1.54, 1.807) is 0 Å². The van der Waals surface area contributed by atoms with Gasteiger partial charge in [-0.25, -0.2) is 0 Å². The van der Waals surface area contributed by atoms with Crippen LogP contribution < -0.4 is 0 Å². The van der Waals surface area contributed by atoms with E-state index in [-0.39, 0.29) is 5.41 Å². The Labute approximate surface area is 115 Å². The molecule has 0 N–H and O–H groups in total. The van der Waals surface area contributed by atoms with E-state index in [9.17, 15) is 0 Å². The molecule has 1 fully saturated rings. The van der Waals surface area contributed by atoms with Gasteiger partial charge in [0, 0.05) is 12.0 Å². The fourth-order valence-corrected chi connectivity index (χ4v) is 3.08. The van der Waals surface area contributed by atoms with Crippen molar-refractivity contribution in [2.45, 2.75) is 71.3 Å². The van der Waals surface area contributed by atoms with Gasteiger partial charge in [0.15, 0.2) is 0 Å². The predicted molar refractivity (Wildman–Crippen MR) is 74.9 cm³/mol. The summed E-state index contributed by atoms with van der Waals surface area (Å²) in [5.41, 5.74) is 0.00744. The van der Waals surface area contributed by atoms with E-state index in [2.05, 4.69) is 35.5 Å². The molecule has 0 radical (unpaired) electrons. The molecule has 2 rings (SSSR count). The Hall–Kier alpha value is -0.570. The molecule has 102 valence electrons. The lowest BCUT2D eigenvalue weighted by Crippen LogP contribution is -2.19. The molecule has 0 saturated heterocycles. The summed E-state index contributed by atoms with van der Waals surface area (Å²) in [6, 6.07) is 0. The van der Waals surface area contributed by atoms with Crippen LogP contribution >= 0.6 is 11.6 Å². The van der Waals surface area contributed by atoms with Gasteiger partial charge >= 0.3 is 0 Å². The maximum atomic E-state index is 6.14. The van der Waals surface area contributed by atoms with Crippen molar-refractivity contribution in [1.29, 1.82) is 0 Å². The maximum absolute atomic E-state index is 6.14. The molecule has 18 heavy (non-hydrogen) atoms. The van der Waals surface area contributed by atoms with Crippen molar-refractivity contribution in [3.8, 4) is 0 Å². The summed E-state index contributed by atoms with van der Waals surface area (Å²) in [6.07, 6.45) is 8.18. The average molecular weight is 270 g/mol. The molecule has 0 amide bonds. The van der Waals surface area contributed by atoms with Crippen molar-refractivity contribution in [2.24, 2.45) is 5.92 Å². The third kappa shape index (κ3) is 3.25. The molecule has 1 aliphatic carbocycles. The first kappa shape index (κ1) is 13.9. The van der Waals surface area contributed by atoms with Crippen molar-refractivity contribution in [2.75, 3.05) is 0 Å². The fourth-order valence-electron chi connectivity index (χ4n) is 2.87. The van der Waals surface area contributed by atoms with Crippen LogP contribution in [-0.2, 0) is 12.0 Å². The minimum Gasteiger partial charge on any atom is -0.301 e. The zero-order valence-corrected chi connectivity index (χ0v) is 12.5. The molecule has 1 aromatic rings. The van der Waals surface area contributed by atoms with Gasteiger partial charge in [-0.1, -0.05) is 46.5 Å². The molecule has 1 saturated carbocycles. The Kier molecular flexibility index (Phi) is 4.31. The number of aromatic nitrogens is 3. The number of rotatable bonds is 4. The van der Waals surface area contributed by atoms with E-state index in [0.717, 1.165) is 18.3 Å². The Morgan fingerprint density at radius 2 is 1.89 bits per heavy atom. The van der Waals surface area contributed by atoms with Crippen LogP contribution in [0.3, 0.4) is 0 Å². The zero-order valence-electron chi connectivity index (χ0n) is 11.7. The molecular formula is C14H24ClN3. The number of hydrogen-bond acceptors (Lipinski definition) is 2. The van der Waals surface area contributed by atoms with Gasteiger partial charge in [0.05, 0.1) is 0 Å². The quantitative estimate of drug-likeness (QED) is 0.820. The zero-order chi connectivity index (χ0) is 13.2. The van der Waals surface area contributed by atoms with Crippen LogP contribution in [0.25, 0.3) is 0 Å². The van der Waals surface area contributed by atoms with Gasteiger partial charge < -0.3 is 4.57 Å². The molecule has 1 heterocycles. The molecule has 0 unspecified atom stereocenters. The highest BCUT2D eigenvalue weighted by molar-refractivity contribution is 6.28. The lowest BCUT2D eigenvalue weighted by Gasteiger charge is -2.19. The van der Waals surface area contributed by atoms with Crippen LogP contribution in [-0.4, -0.2) is 14.8 Å². The highest BCUT2D eigenvalue weighted by Gasteiger charge is 2.23. The minimum absolute atomic E-state index is 0.00744. The smallest absolute Gasteiger partial charge is 0.225 e. The summed E-state index contributed by atoms with van der Waals surface area (Å²) in [5, 5.41) is 8.76. The van der Waals surface area contributed by atoms with E-state index < -0.39 is 0 Å². The standard InChI is InChI=1S/C14H24ClN3/c1-14(2,3)12-16-17-13(15)18(12)10-6-9-11-7-4-5-8-11/h11H,4-10H2,1-3H3. The van der Waals surface area contributed by atoms with Crippen molar-refractivity contribution in [3.05, 3.63) is 11.1 Å². The van der Waals surface area contributed by atoms with Gasteiger partial charge in [0.1, 0.15) is 5.82 Å². The molecular weight excluding hydrogens is 246 g/mol. The molecule has 0 atom stereocenters. The summed E-state index contributed by atoms with van der Waals surface area (Å²) in [4.78, 5) is 0. The maximum Gasteiger partial charge on any atom is 0.225 e. The van der Waals surface area contributed by atoms with Crippen LogP contribution in [0.1, 0.15) is 65.1 Å². The number of hydrogen-bond donors (Lipinski definition) is 0. The SMILES string of the molecule is CC(C)(C)c1nnc(Cl)n1CCCC1CCCC1. The molecule has 0 aliphatic heterocycles. The van der Waals surface area contributed by atoms with Gasteiger partial charge in [-0.3, -0.25) is 0 Å². The summed E-state index contributed by atoms with van der Waals surface area (Å²) in [6.45, 7) is 7.41. The van der Waals surface area contributed by atoms with Crippen LogP contribution in [0.4, 0.5) is 0 Å². The van der Waals surface area contributed by atoms with Crippen LogP contribution in [0.15, 0.2) is 0 Å². The Morgan fingerprint density at radius 3 is 2.50 bits per heavy atom. The van der Waals surface area contributed by atoms with Crippen molar-refractivity contribution >= 4 is 11.6 Å². The summed E-state index contributed by atoms with van der Waals surface area (Å²) >= 11 is 6.14. The molecule has 4 heteroatoms. The summed E-state index contributed by atoms with van der Waals surface area (Å²) < 4.78 is 2.08. The summed E-state index contributed by atoms with van der Waals surface area (Å²) in [5.74, 6) is 1.94. The van der Waals surface area contributed by atoms with Gasteiger partial charge in [-0.2, -0.15) is 0 Å². The van der Waals surface area contributed by atoms with Crippen molar-refractivity contribution in [3.63, 3.8) is 0 Å². The molecule has 1 aliphatic rings. The molecule has 0 aromatic carbocycles. The first-order valence-electron chi connectivity index (χ1n) is 7.07. The fraction of sp³-hybridized carbons (Fsp3) is 0.857. The second-order valence-corrected chi connectivity index (χ2v) is 6.83. The average Bonchev–Trinajstić information content (AvgIpc) is 2.88. The van der Waals surface area contributed by atoms with E-state index in [0.29, 0.717) is 5.28 Å². The number of halogens is 1. The number of nitrogens with zero attached hydrogens (tertiary/aromatic N) is 3. The van der Waals surface area contributed by atoms with E-state index in [1.807, 2.05) is 0 Å². The molecule has 3 nitrogen and oxygen atoms in total. The second-order valence-electron chi connectivity index (χ2n) is 6.49. The van der Waals surface area contributed by atoms with Crippen LogP contribution in [0, 0.1) is 5.92 Å². The topological polar surface area (TPSA) is 30.7 Å². The monoisotopic (exact) mass is 269 g/mol. The second kappa shape index (κ2) is 5.60. The largest absolute Gasteiger partial charge is 0.301 e. The Morgan fingerprint density at radius 1 is 1.22 bits per heavy atom. The summed E-state index contributed by atoms with van der Waals surface area (Å²) in [7, 11) is 0. The third-order valence-corrected chi connectivity index (χ3v) is 4.12.